The smallest absolute Gasteiger partial charge is 0.115 e. The Morgan fingerprint density at radius 1 is 1.00 bits per heavy atom. The topological polar surface area (TPSA) is 46.2 Å². The quantitative estimate of drug-likeness (QED) is 0.818. The van der Waals surface area contributed by atoms with E-state index in [9.17, 15) is 5.11 Å². The van der Waals surface area contributed by atoms with Crippen LogP contribution in [-0.2, 0) is 18.4 Å². The molecule has 0 aromatic heterocycles. The maximum Gasteiger partial charge on any atom is 0.115 e. The van der Waals surface area contributed by atoms with E-state index >= 15 is 0 Å². The van der Waals surface area contributed by atoms with Crippen molar-refractivity contribution in [3.8, 4) is 5.75 Å². The second-order valence-corrected chi connectivity index (χ2v) is 5.86. The number of hydrogen-bond acceptors (Lipinski definition) is 2. The van der Waals surface area contributed by atoms with Crippen LogP contribution in [-0.4, -0.2) is 5.11 Å². The van der Waals surface area contributed by atoms with Gasteiger partial charge in [-0.05, 0) is 54.5 Å². The third-order valence-electron chi connectivity index (χ3n) is 4.33. The molecule has 2 heteroatoms. The van der Waals surface area contributed by atoms with E-state index in [0.29, 0.717) is 5.75 Å². The number of phenolic OH excluding ortho intramolecular Hbond substituents is 1. The molecule has 1 unspecified atom stereocenters. The molecule has 104 valence electrons. The van der Waals surface area contributed by atoms with Gasteiger partial charge in [-0.2, -0.15) is 0 Å². The predicted octanol–water partition coefficient (Wildman–Crippen LogP) is 3.52. The molecule has 0 saturated heterocycles. The van der Waals surface area contributed by atoms with Crippen LogP contribution >= 0.6 is 0 Å². The molecule has 0 aliphatic heterocycles. The molecular weight excluding hydrogens is 246 g/mol. The number of rotatable bonds is 2. The molecule has 1 aliphatic rings. The van der Waals surface area contributed by atoms with Crippen LogP contribution in [0.15, 0.2) is 48.5 Å². The van der Waals surface area contributed by atoms with Crippen LogP contribution in [0.2, 0.25) is 0 Å². The highest BCUT2D eigenvalue weighted by Crippen LogP contribution is 2.35. The maximum absolute atomic E-state index is 9.40. The standard InChI is InChI=1S/C18H21NO/c19-18(13-14-8-10-16(20)11-9-14)12-4-3-6-15-5-1-2-7-17(15)18/h1-2,5,7-11,20H,3-4,6,12-13,19H2. The van der Waals surface area contributed by atoms with E-state index in [2.05, 4.69) is 24.3 Å². The molecule has 0 spiro atoms. The van der Waals surface area contributed by atoms with Gasteiger partial charge in [-0.1, -0.05) is 42.8 Å². The van der Waals surface area contributed by atoms with Gasteiger partial charge in [-0.3, -0.25) is 0 Å². The van der Waals surface area contributed by atoms with Crippen LogP contribution in [0, 0.1) is 0 Å². The molecule has 1 aliphatic carbocycles. The first-order valence-electron chi connectivity index (χ1n) is 7.33. The van der Waals surface area contributed by atoms with Crippen molar-refractivity contribution in [1.29, 1.82) is 0 Å². The van der Waals surface area contributed by atoms with Crippen LogP contribution in [0.25, 0.3) is 0 Å². The average Bonchev–Trinajstić information content (AvgIpc) is 2.62. The summed E-state index contributed by atoms with van der Waals surface area (Å²) in [5.74, 6) is 0.307. The zero-order chi connectivity index (χ0) is 14.0. The lowest BCUT2D eigenvalue weighted by Gasteiger charge is -2.30. The number of phenols is 1. The first-order valence-corrected chi connectivity index (χ1v) is 7.33. The first kappa shape index (κ1) is 13.2. The highest BCUT2D eigenvalue weighted by Gasteiger charge is 2.31. The molecule has 3 rings (SSSR count). The first-order chi connectivity index (χ1) is 9.67. The van der Waals surface area contributed by atoms with E-state index < -0.39 is 0 Å². The summed E-state index contributed by atoms with van der Waals surface area (Å²) < 4.78 is 0. The normalized spacial score (nSPS) is 22.1. The minimum atomic E-state index is -0.288. The van der Waals surface area contributed by atoms with Gasteiger partial charge in [-0.15, -0.1) is 0 Å². The fourth-order valence-corrected chi connectivity index (χ4v) is 3.28. The lowest BCUT2D eigenvalue weighted by atomic mass is 9.80. The lowest BCUT2D eigenvalue weighted by molar-refractivity contribution is 0.398. The maximum atomic E-state index is 9.40. The molecule has 0 fully saturated rings. The fourth-order valence-electron chi connectivity index (χ4n) is 3.28. The number of hydrogen-bond donors (Lipinski definition) is 2. The summed E-state index contributed by atoms with van der Waals surface area (Å²) in [5, 5.41) is 9.40. The van der Waals surface area contributed by atoms with E-state index in [4.69, 9.17) is 5.73 Å². The molecule has 0 amide bonds. The number of benzene rings is 2. The molecule has 2 nitrogen and oxygen atoms in total. The van der Waals surface area contributed by atoms with Gasteiger partial charge < -0.3 is 10.8 Å². The van der Waals surface area contributed by atoms with Gasteiger partial charge >= 0.3 is 0 Å². The van der Waals surface area contributed by atoms with Crippen LogP contribution in [0.1, 0.15) is 36.0 Å². The third-order valence-corrected chi connectivity index (χ3v) is 4.33. The fraction of sp³-hybridized carbons (Fsp3) is 0.333. The summed E-state index contributed by atoms with van der Waals surface area (Å²) in [4.78, 5) is 0. The van der Waals surface area contributed by atoms with E-state index in [1.54, 1.807) is 12.1 Å². The van der Waals surface area contributed by atoms with Crippen molar-refractivity contribution >= 4 is 0 Å². The Morgan fingerprint density at radius 2 is 1.75 bits per heavy atom. The van der Waals surface area contributed by atoms with Gasteiger partial charge in [0.15, 0.2) is 0 Å². The zero-order valence-electron chi connectivity index (χ0n) is 11.7. The van der Waals surface area contributed by atoms with Crippen LogP contribution < -0.4 is 5.73 Å². The summed E-state index contributed by atoms with van der Waals surface area (Å²) in [6.07, 6.45) is 5.36. The second-order valence-electron chi connectivity index (χ2n) is 5.86. The van der Waals surface area contributed by atoms with Gasteiger partial charge in [0.25, 0.3) is 0 Å². The molecule has 0 radical (unpaired) electrons. The van der Waals surface area contributed by atoms with Crippen molar-refractivity contribution < 1.29 is 5.11 Å². The summed E-state index contributed by atoms with van der Waals surface area (Å²) >= 11 is 0. The lowest BCUT2D eigenvalue weighted by Crippen LogP contribution is -2.39. The molecule has 20 heavy (non-hydrogen) atoms. The SMILES string of the molecule is NC1(Cc2ccc(O)cc2)CCCCc2ccccc21. The van der Waals surface area contributed by atoms with E-state index in [1.807, 2.05) is 12.1 Å². The predicted molar refractivity (Wildman–Crippen MR) is 81.7 cm³/mol. The Morgan fingerprint density at radius 3 is 2.55 bits per heavy atom. The van der Waals surface area contributed by atoms with Gasteiger partial charge in [0.2, 0.25) is 0 Å². The molecule has 0 saturated carbocycles. The van der Waals surface area contributed by atoms with E-state index in [0.717, 1.165) is 19.3 Å². The van der Waals surface area contributed by atoms with Crippen molar-refractivity contribution in [2.45, 2.75) is 37.6 Å². The minimum absolute atomic E-state index is 0.288. The summed E-state index contributed by atoms with van der Waals surface area (Å²) in [7, 11) is 0. The Balaban J connectivity index is 1.96. The van der Waals surface area contributed by atoms with Gasteiger partial charge in [0.05, 0.1) is 0 Å². The van der Waals surface area contributed by atoms with E-state index in [-0.39, 0.29) is 5.54 Å². The van der Waals surface area contributed by atoms with Crippen LogP contribution in [0.3, 0.4) is 0 Å². The molecule has 2 aromatic rings. The Kier molecular flexibility index (Phi) is 3.49. The molecular formula is C18H21NO. The van der Waals surface area contributed by atoms with Crippen LogP contribution in [0.4, 0.5) is 0 Å². The summed E-state index contributed by atoms with van der Waals surface area (Å²) in [6.45, 7) is 0. The summed E-state index contributed by atoms with van der Waals surface area (Å²) in [6, 6.07) is 16.0. The molecule has 0 heterocycles. The second kappa shape index (κ2) is 5.29. The van der Waals surface area contributed by atoms with Gasteiger partial charge in [0.1, 0.15) is 5.75 Å². The third kappa shape index (κ3) is 2.56. The minimum Gasteiger partial charge on any atom is -0.508 e. The molecule has 0 bridgehead atoms. The average molecular weight is 267 g/mol. The summed E-state index contributed by atoms with van der Waals surface area (Å²) in [5.41, 5.74) is 10.4. The highest BCUT2D eigenvalue weighted by molar-refractivity contribution is 5.37. The Hall–Kier alpha value is -1.80. The number of nitrogens with two attached hydrogens (primary N) is 1. The van der Waals surface area contributed by atoms with Crippen molar-refractivity contribution in [3.63, 3.8) is 0 Å². The molecule has 3 N–H and O–H groups in total. The number of aromatic hydroxyl groups is 1. The van der Waals surface area contributed by atoms with Gasteiger partial charge in [-0.25, -0.2) is 0 Å². The largest absolute Gasteiger partial charge is 0.508 e. The van der Waals surface area contributed by atoms with Crippen molar-refractivity contribution in [2.75, 3.05) is 0 Å². The van der Waals surface area contributed by atoms with Crippen molar-refractivity contribution in [1.82, 2.24) is 0 Å². The van der Waals surface area contributed by atoms with Crippen molar-refractivity contribution in [3.05, 3.63) is 65.2 Å². The number of aryl methyl sites for hydroxylation is 1. The Labute approximate surface area is 120 Å². The molecule has 2 aromatic carbocycles. The Bertz CT molecular complexity index is 591. The van der Waals surface area contributed by atoms with Crippen LogP contribution in [0.5, 0.6) is 5.75 Å². The van der Waals surface area contributed by atoms with E-state index in [1.165, 1.54) is 29.5 Å². The van der Waals surface area contributed by atoms with Crippen molar-refractivity contribution in [2.24, 2.45) is 5.73 Å². The van der Waals surface area contributed by atoms with Gasteiger partial charge in [0, 0.05) is 5.54 Å². The molecule has 1 atom stereocenters. The number of fused-ring (bicyclic) bond motifs is 1. The highest BCUT2D eigenvalue weighted by atomic mass is 16.3. The zero-order valence-corrected chi connectivity index (χ0v) is 11.7. The monoisotopic (exact) mass is 267 g/mol.